The van der Waals surface area contributed by atoms with Gasteiger partial charge >= 0.3 is 0 Å². The van der Waals surface area contributed by atoms with E-state index in [1.54, 1.807) is 11.3 Å². The number of thiazole rings is 1. The smallest absolute Gasteiger partial charge is 0.265 e. The number of amides is 2. The van der Waals surface area contributed by atoms with Gasteiger partial charge in [0.2, 0.25) is 5.91 Å². The maximum Gasteiger partial charge on any atom is 0.265 e. The molecule has 158 valence electrons. The van der Waals surface area contributed by atoms with Crippen LogP contribution in [-0.4, -0.2) is 36.0 Å². The first-order valence-corrected chi connectivity index (χ1v) is 11.4. The Hall–Kier alpha value is -3.19. The molecular weight excluding hydrogens is 410 g/mol. The second-order valence-electron chi connectivity index (χ2n) is 7.90. The van der Waals surface area contributed by atoms with Crippen molar-refractivity contribution in [3.63, 3.8) is 0 Å². The molecule has 1 aliphatic carbocycles. The second kappa shape index (κ2) is 8.51. The van der Waals surface area contributed by atoms with E-state index in [-0.39, 0.29) is 31.0 Å². The van der Waals surface area contributed by atoms with Gasteiger partial charge in [0.1, 0.15) is 17.3 Å². The minimum Gasteiger partial charge on any atom is -0.482 e. The minimum absolute atomic E-state index is 0.00147. The van der Waals surface area contributed by atoms with Crippen molar-refractivity contribution in [3.05, 3.63) is 53.9 Å². The molecule has 7 heteroatoms. The van der Waals surface area contributed by atoms with Crippen LogP contribution in [0.4, 0.5) is 5.69 Å². The Balaban J connectivity index is 1.40. The largest absolute Gasteiger partial charge is 0.482 e. The van der Waals surface area contributed by atoms with Crippen molar-refractivity contribution < 1.29 is 14.3 Å². The molecule has 31 heavy (non-hydrogen) atoms. The molecule has 0 radical (unpaired) electrons. The van der Waals surface area contributed by atoms with Crippen molar-refractivity contribution in [2.24, 2.45) is 0 Å². The molecule has 0 bridgehead atoms. The quantitative estimate of drug-likeness (QED) is 0.653. The van der Waals surface area contributed by atoms with Crippen molar-refractivity contribution in [2.75, 3.05) is 18.1 Å². The van der Waals surface area contributed by atoms with Crippen molar-refractivity contribution in [2.45, 2.75) is 31.7 Å². The highest BCUT2D eigenvalue weighted by Gasteiger charge is 2.29. The van der Waals surface area contributed by atoms with E-state index in [9.17, 15) is 9.59 Å². The van der Waals surface area contributed by atoms with E-state index in [1.165, 1.54) is 4.90 Å². The molecular formula is C24H23N3O3S. The van der Waals surface area contributed by atoms with Crippen LogP contribution < -0.4 is 15.0 Å². The Kier molecular flexibility index (Phi) is 5.42. The zero-order valence-corrected chi connectivity index (χ0v) is 17.9. The van der Waals surface area contributed by atoms with Crippen LogP contribution in [0.1, 0.15) is 25.7 Å². The molecule has 0 atom stereocenters. The molecule has 1 aromatic heterocycles. The molecule has 0 saturated heterocycles. The number of hydrogen-bond acceptors (Lipinski definition) is 5. The number of nitrogens with one attached hydrogen (secondary N) is 1. The van der Waals surface area contributed by atoms with E-state index in [4.69, 9.17) is 9.72 Å². The molecule has 5 rings (SSSR count). The number of fused-ring (bicyclic) bond motifs is 1. The van der Waals surface area contributed by atoms with Gasteiger partial charge in [0.25, 0.3) is 5.91 Å². The Bertz CT molecular complexity index is 1110. The summed E-state index contributed by atoms with van der Waals surface area (Å²) >= 11 is 1.58. The number of anilines is 1. The Morgan fingerprint density at radius 3 is 2.74 bits per heavy atom. The number of carbonyl (C=O) groups excluding carboxylic acids is 2. The molecule has 1 N–H and O–H groups in total. The fourth-order valence-corrected chi connectivity index (χ4v) is 4.98. The van der Waals surface area contributed by atoms with Crippen molar-refractivity contribution in [1.29, 1.82) is 0 Å². The van der Waals surface area contributed by atoms with Crippen LogP contribution in [0, 0.1) is 0 Å². The first-order chi connectivity index (χ1) is 15.2. The van der Waals surface area contributed by atoms with E-state index in [2.05, 4.69) is 5.32 Å². The van der Waals surface area contributed by atoms with Gasteiger partial charge in [-0.05, 0) is 31.0 Å². The first kappa shape index (κ1) is 19.8. The summed E-state index contributed by atoms with van der Waals surface area (Å²) in [6, 6.07) is 15.9. The monoisotopic (exact) mass is 433 g/mol. The molecule has 3 aromatic rings. The van der Waals surface area contributed by atoms with E-state index in [0.717, 1.165) is 47.5 Å². The molecule has 1 fully saturated rings. The number of benzene rings is 2. The highest BCUT2D eigenvalue weighted by molar-refractivity contribution is 7.13. The summed E-state index contributed by atoms with van der Waals surface area (Å²) in [6.07, 6.45) is 4.31. The zero-order valence-electron chi connectivity index (χ0n) is 17.0. The third kappa shape index (κ3) is 4.18. The van der Waals surface area contributed by atoms with Crippen molar-refractivity contribution in [1.82, 2.24) is 10.3 Å². The summed E-state index contributed by atoms with van der Waals surface area (Å²) in [5, 5.41) is 6.01. The van der Waals surface area contributed by atoms with Gasteiger partial charge in [-0.1, -0.05) is 43.2 Å². The number of carbonyl (C=O) groups is 2. The fraction of sp³-hybridized carbons (Fsp3) is 0.292. The van der Waals surface area contributed by atoms with Crippen molar-refractivity contribution in [3.8, 4) is 27.6 Å². The van der Waals surface area contributed by atoms with E-state index < -0.39 is 0 Å². The van der Waals surface area contributed by atoms with Gasteiger partial charge in [-0.3, -0.25) is 14.5 Å². The van der Waals surface area contributed by atoms with E-state index in [1.807, 2.05) is 53.9 Å². The predicted molar refractivity (Wildman–Crippen MR) is 121 cm³/mol. The minimum atomic E-state index is -0.213. The van der Waals surface area contributed by atoms with Gasteiger partial charge in [0, 0.05) is 22.5 Å². The van der Waals surface area contributed by atoms with Crippen LogP contribution >= 0.6 is 11.3 Å². The Morgan fingerprint density at radius 1 is 1.13 bits per heavy atom. The lowest BCUT2D eigenvalue weighted by Crippen LogP contribution is -2.46. The maximum absolute atomic E-state index is 12.6. The average Bonchev–Trinajstić information content (AvgIpc) is 3.48. The third-order valence-electron chi connectivity index (χ3n) is 5.74. The van der Waals surface area contributed by atoms with Crippen LogP contribution in [0.3, 0.4) is 0 Å². The number of rotatable bonds is 5. The molecule has 1 aliphatic heterocycles. The summed E-state index contributed by atoms with van der Waals surface area (Å²) in [4.78, 5) is 31.4. The molecule has 0 spiro atoms. The second-order valence-corrected chi connectivity index (χ2v) is 8.76. The van der Waals surface area contributed by atoms with Gasteiger partial charge in [-0.15, -0.1) is 11.3 Å². The summed E-state index contributed by atoms with van der Waals surface area (Å²) in [5.74, 6) is 0.267. The van der Waals surface area contributed by atoms with Gasteiger partial charge < -0.3 is 10.1 Å². The molecule has 2 aliphatic rings. The topological polar surface area (TPSA) is 71.5 Å². The molecule has 6 nitrogen and oxygen atoms in total. The lowest BCUT2D eigenvalue weighted by atomic mass is 10.1. The molecule has 0 unspecified atom stereocenters. The van der Waals surface area contributed by atoms with E-state index >= 15 is 0 Å². The highest BCUT2D eigenvalue weighted by Crippen LogP contribution is 2.37. The zero-order chi connectivity index (χ0) is 21.2. The number of nitrogens with zero attached hydrogens (tertiary/aromatic N) is 2. The van der Waals surface area contributed by atoms with Gasteiger partial charge in [-0.2, -0.15) is 0 Å². The first-order valence-electron chi connectivity index (χ1n) is 10.6. The van der Waals surface area contributed by atoms with E-state index in [0.29, 0.717) is 11.4 Å². The number of hydrogen-bond donors (Lipinski definition) is 1. The third-order valence-corrected chi connectivity index (χ3v) is 6.64. The summed E-state index contributed by atoms with van der Waals surface area (Å²) in [5.41, 5.74) is 3.40. The van der Waals surface area contributed by atoms with Gasteiger partial charge in [0.05, 0.1) is 11.4 Å². The fourth-order valence-electron chi connectivity index (χ4n) is 4.14. The normalized spacial score (nSPS) is 16.1. The van der Waals surface area contributed by atoms with Crippen LogP contribution in [0.15, 0.2) is 53.9 Å². The number of ether oxygens (including phenoxy) is 1. The SMILES string of the molecule is O=C(CN1C(=O)COc2ccc(-c3csc(-c4ccccc4)n3)cc21)NC1CCCC1. The molecule has 2 aromatic carbocycles. The molecule has 2 amide bonds. The predicted octanol–water partition coefficient (Wildman–Crippen LogP) is 4.26. The molecule has 1 saturated carbocycles. The Morgan fingerprint density at radius 2 is 1.94 bits per heavy atom. The number of aromatic nitrogens is 1. The van der Waals surface area contributed by atoms with Crippen LogP contribution in [0.25, 0.3) is 21.8 Å². The van der Waals surface area contributed by atoms with Gasteiger partial charge in [0.15, 0.2) is 6.61 Å². The lowest BCUT2D eigenvalue weighted by Gasteiger charge is -2.29. The Labute approximate surface area is 184 Å². The van der Waals surface area contributed by atoms with Crippen molar-refractivity contribution >= 4 is 28.8 Å². The maximum atomic E-state index is 12.6. The van der Waals surface area contributed by atoms with Crippen LogP contribution in [-0.2, 0) is 9.59 Å². The highest BCUT2D eigenvalue weighted by atomic mass is 32.1. The van der Waals surface area contributed by atoms with Crippen LogP contribution in [0.2, 0.25) is 0 Å². The lowest BCUT2D eigenvalue weighted by molar-refractivity contribution is -0.125. The molecule has 2 heterocycles. The standard InChI is InChI=1S/C24H23N3O3S/c28-22(25-18-8-4-5-9-18)13-27-20-12-17(10-11-21(20)30-14-23(27)29)19-15-31-24(26-19)16-6-2-1-3-7-16/h1-3,6-7,10-12,15,18H,4-5,8-9,13-14H2,(H,25,28). The summed E-state index contributed by atoms with van der Waals surface area (Å²) in [6.45, 7) is -0.0562. The summed E-state index contributed by atoms with van der Waals surface area (Å²) in [7, 11) is 0. The van der Waals surface area contributed by atoms with Gasteiger partial charge in [-0.25, -0.2) is 4.98 Å². The average molecular weight is 434 g/mol. The summed E-state index contributed by atoms with van der Waals surface area (Å²) < 4.78 is 5.61. The van der Waals surface area contributed by atoms with Crippen LogP contribution in [0.5, 0.6) is 5.75 Å².